The summed E-state index contributed by atoms with van der Waals surface area (Å²) < 4.78 is 26.6. The van der Waals surface area contributed by atoms with Gasteiger partial charge in [0.25, 0.3) is 0 Å². The van der Waals surface area contributed by atoms with Gasteiger partial charge in [0.2, 0.25) is 5.91 Å². The molecule has 1 aliphatic heterocycles. The number of hydrogen-bond donors (Lipinski definition) is 2. The summed E-state index contributed by atoms with van der Waals surface area (Å²) in [6.07, 6.45) is 0. The molecule has 2 saturated carbocycles. The molecule has 5 heteroatoms. The molecule has 4 rings (SSSR count). The summed E-state index contributed by atoms with van der Waals surface area (Å²) in [5.41, 5.74) is 5.70. The number of nitrogens with one attached hydrogen (secondary N) is 1. The SMILES string of the molecule is NC12C(=O)Nc3c(F)cc(F)cc3C3C1[C@@H]32. The van der Waals surface area contributed by atoms with Gasteiger partial charge in [-0.2, -0.15) is 0 Å². The summed E-state index contributed by atoms with van der Waals surface area (Å²) in [5.74, 6) is -1.46. The summed E-state index contributed by atoms with van der Waals surface area (Å²) in [4.78, 5) is 11.7. The monoisotopic (exact) mass is 222 g/mol. The van der Waals surface area contributed by atoms with Crippen molar-refractivity contribution >= 4 is 11.6 Å². The predicted molar refractivity (Wildman–Crippen MR) is 51.6 cm³/mol. The van der Waals surface area contributed by atoms with Gasteiger partial charge >= 0.3 is 0 Å². The van der Waals surface area contributed by atoms with E-state index in [9.17, 15) is 13.6 Å². The topological polar surface area (TPSA) is 55.1 Å². The fourth-order valence-electron chi connectivity index (χ4n) is 3.15. The zero-order chi connectivity index (χ0) is 11.2. The van der Waals surface area contributed by atoms with Gasteiger partial charge in [-0.05, 0) is 29.4 Å². The highest BCUT2D eigenvalue weighted by molar-refractivity contribution is 6.06. The average molecular weight is 222 g/mol. The highest BCUT2D eigenvalue weighted by atomic mass is 19.1. The number of carbonyl (C=O) groups excluding carboxylic acids is 1. The van der Waals surface area contributed by atoms with Gasteiger partial charge in [0, 0.05) is 6.07 Å². The Balaban J connectivity index is 1.93. The third kappa shape index (κ3) is 0.704. The highest BCUT2D eigenvalue weighted by Gasteiger charge is 2.87. The molecule has 3 nitrogen and oxygen atoms in total. The minimum atomic E-state index is -0.827. The van der Waals surface area contributed by atoms with Crippen LogP contribution in [-0.2, 0) is 4.79 Å². The molecule has 0 aromatic heterocycles. The standard InChI is InChI=1S/C11H8F2N2O/c12-3-1-4-6-7-8(6)11(7,14)10(16)15-9(4)5(13)2-3/h1-2,6-8H,14H2,(H,15,16)/t6?,7-,8?,11?/m1/s1. The van der Waals surface area contributed by atoms with Crippen LogP contribution in [0.2, 0.25) is 0 Å². The van der Waals surface area contributed by atoms with Gasteiger partial charge in [0.1, 0.15) is 17.2 Å². The molecule has 2 fully saturated rings. The van der Waals surface area contributed by atoms with E-state index in [1.807, 2.05) is 0 Å². The van der Waals surface area contributed by atoms with E-state index >= 15 is 0 Å². The van der Waals surface area contributed by atoms with Gasteiger partial charge in [-0.15, -0.1) is 0 Å². The van der Waals surface area contributed by atoms with Crippen molar-refractivity contribution in [3.8, 4) is 0 Å². The predicted octanol–water partition coefficient (Wildman–Crippen LogP) is 0.958. The van der Waals surface area contributed by atoms with Gasteiger partial charge in [-0.1, -0.05) is 0 Å². The van der Waals surface area contributed by atoms with Crippen molar-refractivity contribution < 1.29 is 13.6 Å². The lowest BCUT2D eigenvalue weighted by Crippen LogP contribution is -2.44. The fraction of sp³-hybridized carbons (Fsp3) is 0.364. The number of nitrogens with two attached hydrogens (primary N) is 1. The van der Waals surface area contributed by atoms with Crippen LogP contribution in [0.3, 0.4) is 0 Å². The molecule has 4 atom stereocenters. The van der Waals surface area contributed by atoms with E-state index in [2.05, 4.69) is 5.32 Å². The second-order valence-electron chi connectivity index (χ2n) is 4.82. The van der Waals surface area contributed by atoms with Gasteiger partial charge in [-0.3, -0.25) is 4.79 Å². The largest absolute Gasteiger partial charge is 0.322 e. The summed E-state index contributed by atoms with van der Waals surface area (Å²) in [6.45, 7) is 0. The maximum Gasteiger partial charge on any atom is 0.245 e. The Morgan fingerprint density at radius 2 is 2.00 bits per heavy atom. The minimum absolute atomic E-state index is 0.0594. The normalized spacial score (nSPS) is 41.7. The van der Waals surface area contributed by atoms with Crippen LogP contribution in [0.1, 0.15) is 11.5 Å². The van der Waals surface area contributed by atoms with Gasteiger partial charge in [0.15, 0.2) is 0 Å². The van der Waals surface area contributed by atoms with Crippen molar-refractivity contribution in [1.29, 1.82) is 0 Å². The Labute approximate surface area is 89.6 Å². The average Bonchev–Trinajstić information content (AvgIpc) is 3.06. The van der Waals surface area contributed by atoms with Crippen molar-refractivity contribution in [2.45, 2.75) is 11.5 Å². The number of amides is 1. The molecule has 0 spiro atoms. The molecular weight excluding hydrogens is 214 g/mol. The third-order valence-corrected chi connectivity index (χ3v) is 4.09. The van der Waals surface area contributed by atoms with Crippen LogP contribution in [0.5, 0.6) is 0 Å². The van der Waals surface area contributed by atoms with E-state index in [0.29, 0.717) is 5.56 Å². The first-order valence-corrected chi connectivity index (χ1v) is 5.14. The van der Waals surface area contributed by atoms with E-state index in [1.54, 1.807) is 0 Å². The second-order valence-corrected chi connectivity index (χ2v) is 4.82. The Morgan fingerprint density at radius 3 is 2.69 bits per heavy atom. The highest BCUT2D eigenvalue weighted by Crippen LogP contribution is 2.80. The van der Waals surface area contributed by atoms with Gasteiger partial charge < -0.3 is 11.1 Å². The van der Waals surface area contributed by atoms with E-state index < -0.39 is 17.2 Å². The van der Waals surface area contributed by atoms with E-state index in [-0.39, 0.29) is 29.3 Å². The molecule has 2 aliphatic carbocycles. The molecule has 82 valence electrons. The number of rotatable bonds is 0. The molecule has 1 amide bonds. The van der Waals surface area contributed by atoms with Crippen molar-refractivity contribution in [3.63, 3.8) is 0 Å². The Hall–Kier alpha value is -1.49. The van der Waals surface area contributed by atoms with E-state index in [0.717, 1.165) is 6.07 Å². The Morgan fingerprint density at radius 1 is 1.31 bits per heavy atom. The second kappa shape index (κ2) is 2.13. The third-order valence-electron chi connectivity index (χ3n) is 4.09. The van der Waals surface area contributed by atoms with Crippen LogP contribution in [0.4, 0.5) is 14.5 Å². The number of hydrogen-bond acceptors (Lipinski definition) is 2. The first-order chi connectivity index (χ1) is 7.55. The maximum atomic E-state index is 13.5. The molecule has 3 aliphatic rings. The summed E-state index contributed by atoms with van der Waals surface area (Å²) in [5, 5.41) is 2.47. The van der Waals surface area contributed by atoms with Gasteiger partial charge in [-0.25, -0.2) is 8.78 Å². The number of carbonyl (C=O) groups is 1. The van der Waals surface area contributed by atoms with Crippen LogP contribution in [0.25, 0.3) is 0 Å². The summed E-state index contributed by atoms with van der Waals surface area (Å²) in [7, 11) is 0. The molecule has 3 N–H and O–H groups in total. The van der Waals surface area contributed by atoms with Crippen LogP contribution in [0, 0.1) is 23.5 Å². The van der Waals surface area contributed by atoms with Crippen molar-refractivity contribution in [2.75, 3.05) is 5.32 Å². The number of benzene rings is 1. The quantitative estimate of drug-likeness (QED) is 0.686. The zero-order valence-electron chi connectivity index (χ0n) is 8.13. The molecule has 0 radical (unpaired) electrons. The van der Waals surface area contributed by atoms with E-state index in [1.165, 1.54) is 6.07 Å². The first kappa shape index (κ1) is 8.64. The van der Waals surface area contributed by atoms with E-state index in [4.69, 9.17) is 5.73 Å². The van der Waals surface area contributed by atoms with Crippen molar-refractivity contribution in [2.24, 2.45) is 17.6 Å². The van der Waals surface area contributed by atoms with Crippen LogP contribution >= 0.6 is 0 Å². The van der Waals surface area contributed by atoms with Crippen molar-refractivity contribution in [3.05, 3.63) is 29.3 Å². The molecule has 1 heterocycles. The molecule has 3 unspecified atom stereocenters. The lowest BCUT2D eigenvalue weighted by atomic mass is 9.93. The Bertz CT molecular complexity index is 547. The molecule has 16 heavy (non-hydrogen) atoms. The first-order valence-electron chi connectivity index (χ1n) is 5.14. The van der Waals surface area contributed by atoms with Crippen LogP contribution in [-0.4, -0.2) is 11.4 Å². The fourth-order valence-corrected chi connectivity index (χ4v) is 3.15. The molecule has 1 aromatic carbocycles. The number of fused-ring (bicyclic) bond motifs is 4. The Kier molecular flexibility index (Phi) is 1.15. The molecule has 1 aromatic rings. The summed E-state index contributed by atoms with van der Waals surface area (Å²) in [6, 6.07) is 2.07. The zero-order valence-corrected chi connectivity index (χ0v) is 8.13. The molecule has 0 bridgehead atoms. The lowest BCUT2D eigenvalue weighted by molar-refractivity contribution is -0.119. The van der Waals surface area contributed by atoms with Crippen LogP contribution < -0.4 is 11.1 Å². The molecule has 0 saturated heterocycles. The smallest absolute Gasteiger partial charge is 0.245 e. The lowest BCUT2D eigenvalue weighted by Gasteiger charge is -2.15. The number of halogens is 2. The molecular formula is C11H8F2N2O. The number of anilines is 1. The minimum Gasteiger partial charge on any atom is -0.322 e. The maximum absolute atomic E-state index is 13.5. The van der Waals surface area contributed by atoms with Gasteiger partial charge in [0.05, 0.1) is 5.69 Å². The summed E-state index contributed by atoms with van der Waals surface area (Å²) >= 11 is 0. The van der Waals surface area contributed by atoms with Crippen LogP contribution in [0.15, 0.2) is 12.1 Å². The van der Waals surface area contributed by atoms with Crippen molar-refractivity contribution in [1.82, 2.24) is 0 Å².